The van der Waals surface area contributed by atoms with Gasteiger partial charge in [-0.3, -0.25) is 11.3 Å². The van der Waals surface area contributed by atoms with Gasteiger partial charge in [0.05, 0.1) is 0 Å². The maximum Gasteiger partial charge on any atom is 0.0210 e. The zero-order valence-corrected chi connectivity index (χ0v) is 7.12. The first-order chi connectivity index (χ1) is 4.43. The molecular formula is C7H17ClN2. The molecule has 1 aliphatic rings. The first kappa shape index (κ1) is 10.2. The smallest absolute Gasteiger partial charge is 0.0210 e. The lowest BCUT2D eigenvalue weighted by molar-refractivity contribution is 0.472. The molecule has 3 N–H and O–H groups in total. The quantitative estimate of drug-likeness (QED) is 0.351. The van der Waals surface area contributed by atoms with Gasteiger partial charge < -0.3 is 0 Å². The summed E-state index contributed by atoms with van der Waals surface area (Å²) in [6.07, 6.45) is 8.06. The van der Waals surface area contributed by atoms with Crippen LogP contribution in [0.5, 0.6) is 0 Å². The first-order valence-electron chi connectivity index (χ1n) is 3.89. The first-order valence-corrected chi connectivity index (χ1v) is 3.89. The largest absolute Gasteiger partial charge is 0.271 e. The molecule has 10 heavy (non-hydrogen) atoms. The van der Waals surface area contributed by atoms with E-state index in [9.17, 15) is 0 Å². The van der Waals surface area contributed by atoms with Crippen molar-refractivity contribution in [2.75, 3.05) is 0 Å². The van der Waals surface area contributed by atoms with E-state index in [4.69, 9.17) is 5.84 Å². The lowest BCUT2D eigenvalue weighted by Crippen LogP contribution is -2.34. The Kier molecular flexibility index (Phi) is 6.08. The van der Waals surface area contributed by atoms with Crippen LogP contribution in [-0.2, 0) is 0 Å². The molecule has 2 nitrogen and oxygen atoms in total. The number of hydrogen-bond acceptors (Lipinski definition) is 2. The number of rotatable bonds is 1. The van der Waals surface area contributed by atoms with E-state index in [1.54, 1.807) is 0 Å². The number of halogens is 1. The monoisotopic (exact) mass is 164 g/mol. The number of nitrogens with one attached hydrogen (secondary N) is 1. The molecule has 62 valence electrons. The maximum atomic E-state index is 5.32. The van der Waals surface area contributed by atoms with Crippen LogP contribution in [0.3, 0.4) is 0 Å². The average Bonchev–Trinajstić information content (AvgIpc) is 2.13. The SMILES string of the molecule is Cl.NNC1CCCCCC1. The van der Waals surface area contributed by atoms with Crippen molar-refractivity contribution in [3.8, 4) is 0 Å². The fourth-order valence-electron chi connectivity index (χ4n) is 1.45. The molecule has 0 aliphatic heterocycles. The Labute approximate surface area is 68.9 Å². The fourth-order valence-corrected chi connectivity index (χ4v) is 1.45. The van der Waals surface area contributed by atoms with Gasteiger partial charge in [0.15, 0.2) is 0 Å². The van der Waals surface area contributed by atoms with Gasteiger partial charge in [0.2, 0.25) is 0 Å². The van der Waals surface area contributed by atoms with Gasteiger partial charge in [0, 0.05) is 6.04 Å². The third-order valence-corrected chi connectivity index (χ3v) is 2.09. The molecule has 1 fully saturated rings. The Balaban J connectivity index is 0.000000810. The van der Waals surface area contributed by atoms with Crippen molar-refractivity contribution in [1.29, 1.82) is 0 Å². The molecule has 0 atom stereocenters. The maximum absolute atomic E-state index is 5.32. The van der Waals surface area contributed by atoms with Crippen molar-refractivity contribution in [2.45, 2.75) is 44.6 Å². The van der Waals surface area contributed by atoms with Gasteiger partial charge in [-0.25, -0.2) is 0 Å². The highest BCUT2D eigenvalue weighted by atomic mass is 35.5. The summed E-state index contributed by atoms with van der Waals surface area (Å²) in [5.74, 6) is 5.32. The van der Waals surface area contributed by atoms with Crippen molar-refractivity contribution in [2.24, 2.45) is 5.84 Å². The van der Waals surface area contributed by atoms with Crippen LogP contribution in [-0.4, -0.2) is 6.04 Å². The summed E-state index contributed by atoms with van der Waals surface area (Å²) in [7, 11) is 0. The van der Waals surface area contributed by atoms with Crippen LogP contribution in [0.2, 0.25) is 0 Å². The van der Waals surface area contributed by atoms with Gasteiger partial charge >= 0.3 is 0 Å². The van der Waals surface area contributed by atoms with Crippen LogP contribution in [0.1, 0.15) is 38.5 Å². The predicted octanol–water partition coefficient (Wildman–Crippen LogP) is 1.59. The van der Waals surface area contributed by atoms with Crippen LogP contribution in [0.4, 0.5) is 0 Å². The Morgan fingerprint density at radius 3 is 1.90 bits per heavy atom. The zero-order valence-electron chi connectivity index (χ0n) is 6.31. The predicted molar refractivity (Wildman–Crippen MR) is 46.1 cm³/mol. The van der Waals surface area contributed by atoms with Crippen LogP contribution in [0.25, 0.3) is 0 Å². The van der Waals surface area contributed by atoms with Crippen molar-refractivity contribution in [1.82, 2.24) is 5.43 Å². The highest BCUT2D eigenvalue weighted by Crippen LogP contribution is 2.16. The lowest BCUT2D eigenvalue weighted by atomic mass is 10.1. The summed E-state index contributed by atoms with van der Waals surface area (Å²) in [6, 6.07) is 0.604. The minimum Gasteiger partial charge on any atom is -0.271 e. The van der Waals surface area contributed by atoms with E-state index in [1.165, 1.54) is 38.5 Å². The van der Waals surface area contributed by atoms with E-state index in [0.717, 1.165) is 0 Å². The van der Waals surface area contributed by atoms with Gasteiger partial charge in [-0.2, -0.15) is 0 Å². The molecule has 0 amide bonds. The van der Waals surface area contributed by atoms with Crippen LogP contribution < -0.4 is 11.3 Å². The Morgan fingerprint density at radius 1 is 1.00 bits per heavy atom. The van der Waals surface area contributed by atoms with E-state index in [0.29, 0.717) is 6.04 Å². The third kappa shape index (κ3) is 3.40. The molecule has 0 radical (unpaired) electrons. The second kappa shape index (κ2) is 5.96. The van der Waals surface area contributed by atoms with E-state index in [2.05, 4.69) is 5.43 Å². The highest BCUT2D eigenvalue weighted by Gasteiger charge is 2.08. The van der Waals surface area contributed by atoms with Crippen molar-refractivity contribution in [3.05, 3.63) is 0 Å². The topological polar surface area (TPSA) is 38.0 Å². The molecule has 0 heterocycles. The Morgan fingerprint density at radius 2 is 1.50 bits per heavy atom. The molecule has 3 heteroatoms. The van der Waals surface area contributed by atoms with Gasteiger partial charge in [-0.15, -0.1) is 12.4 Å². The van der Waals surface area contributed by atoms with Crippen LogP contribution in [0, 0.1) is 0 Å². The Bertz CT molecular complexity index is 70.0. The van der Waals surface area contributed by atoms with Crippen molar-refractivity contribution in [3.63, 3.8) is 0 Å². The normalized spacial score (nSPS) is 21.3. The molecule has 0 spiro atoms. The molecule has 0 bridgehead atoms. The molecule has 1 rings (SSSR count). The third-order valence-electron chi connectivity index (χ3n) is 2.09. The van der Waals surface area contributed by atoms with Crippen LogP contribution >= 0.6 is 12.4 Å². The second-order valence-electron chi connectivity index (χ2n) is 2.86. The van der Waals surface area contributed by atoms with Gasteiger partial charge in [0.1, 0.15) is 0 Å². The minimum absolute atomic E-state index is 0. The highest BCUT2D eigenvalue weighted by molar-refractivity contribution is 5.85. The van der Waals surface area contributed by atoms with Crippen molar-refractivity contribution >= 4 is 12.4 Å². The number of hydrogen-bond donors (Lipinski definition) is 2. The summed E-state index contributed by atoms with van der Waals surface area (Å²) in [5.41, 5.74) is 2.84. The zero-order chi connectivity index (χ0) is 6.53. The van der Waals surface area contributed by atoms with E-state index in [-0.39, 0.29) is 12.4 Å². The fraction of sp³-hybridized carbons (Fsp3) is 1.00. The van der Waals surface area contributed by atoms with E-state index >= 15 is 0 Å². The molecule has 0 aromatic heterocycles. The van der Waals surface area contributed by atoms with E-state index in [1.807, 2.05) is 0 Å². The second-order valence-corrected chi connectivity index (χ2v) is 2.86. The average molecular weight is 165 g/mol. The number of nitrogens with two attached hydrogens (primary N) is 1. The summed E-state index contributed by atoms with van der Waals surface area (Å²) in [5, 5.41) is 0. The van der Waals surface area contributed by atoms with Gasteiger partial charge in [-0.1, -0.05) is 25.7 Å². The molecule has 0 saturated heterocycles. The molecule has 1 aliphatic carbocycles. The summed E-state index contributed by atoms with van der Waals surface area (Å²) in [6.45, 7) is 0. The summed E-state index contributed by atoms with van der Waals surface area (Å²) in [4.78, 5) is 0. The van der Waals surface area contributed by atoms with Crippen LogP contribution in [0.15, 0.2) is 0 Å². The van der Waals surface area contributed by atoms with Crippen molar-refractivity contribution < 1.29 is 0 Å². The summed E-state index contributed by atoms with van der Waals surface area (Å²) >= 11 is 0. The minimum atomic E-state index is 0. The molecule has 0 unspecified atom stereocenters. The molecule has 0 aromatic rings. The Hall–Kier alpha value is 0.210. The standard InChI is InChI=1S/C7H16N2.ClH/c8-9-7-5-3-1-2-4-6-7;/h7,9H,1-6,8H2;1H. The lowest BCUT2D eigenvalue weighted by Gasteiger charge is -2.10. The summed E-state index contributed by atoms with van der Waals surface area (Å²) < 4.78 is 0. The molecular weight excluding hydrogens is 148 g/mol. The number of hydrazine groups is 1. The van der Waals surface area contributed by atoms with Gasteiger partial charge in [-0.05, 0) is 12.8 Å². The molecule has 1 saturated carbocycles. The van der Waals surface area contributed by atoms with Gasteiger partial charge in [0.25, 0.3) is 0 Å². The van der Waals surface area contributed by atoms with E-state index < -0.39 is 0 Å². The molecule has 0 aromatic carbocycles.